The molecule has 2 aliphatic rings. The lowest BCUT2D eigenvalue weighted by Crippen LogP contribution is -2.41. The first-order valence-electron chi connectivity index (χ1n) is 13.7. The lowest BCUT2D eigenvalue weighted by atomic mass is 9.85. The first kappa shape index (κ1) is 28.0. The van der Waals surface area contributed by atoms with Gasteiger partial charge in [-0.15, -0.1) is 0 Å². The number of rotatable bonds is 8. The molecule has 37 heavy (non-hydrogen) atoms. The Morgan fingerprint density at radius 2 is 1.84 bits per heavy atom. The normalized spacial score (nSPS) is 18.6. The van der Waals surface area contributed by atoms with Crippen LogP contribution in [0.5, 0.6) is 0 Å². The van der Waals surface area contributed by atoms with E-state index >= 15 is 0 Å². The summed E-state index contributed by atoms with van der Waals surface area (Å²) in [7, 11) is 0. The zero-order valence-corrected chi connectivity index (χ0v) is 23.6. The summed E-state index contributed by atoms with van der Waals surface area (Å²) in [5.74, 6) is 0.536. The maximum Gasteiger partial charge on any atom is 0.253 e. The van der Waals surface area contributed by atoms with Crippen molar-refractivity contribution in [3.8, 4) is 11.3 Å². The van der Waals surface area contributed by atoms with E-state index in [1.54, 1.807) is 6.07 Å². The van der Waals surface area contributed by atoms with Gasteiger partial charge in [0.25, 0.3) is 5.91 Å². The number of amides is 1. The number of morpholine rings is 1. The summed E-state index contributed by atoms with van der Waals surface area (Å²) in [6.07, 6.45) is 6.23. The SMILES string of the molecule is Cc1c(C(=O)NCCN2CCOCC2)cc(-c2ccc(S(=O)[O-])c(C(C)(C)C)c2)n1CC1CCCCC1. The van der Waals surface area contributed by atoms with Gasteiger partial charge in [0.2, 0.25) is 0 Å². The summed E-state index contributed by atoms with van der Waals surface area (Å²) in [4.78, 5) is 16.0. The molecule has 0 bridgehead atoms. The largest absolute Gasteiger partial charge is 0.768 e. The third-order valence-corrected chi connectivity index (χ3v) is 8.57. The van der Waals surface area contributed by atoms with Crippen LogP contribution in [-0.4, -0.2) is 63.5 Å². The molecule has 1 unspecified atom stereocenters. The Kier molecular flexibility index (Phi) is 9.27. The van der Waals surface area contributed by atoms with Crippen molar-refractivity contribution in [2.24, 2.45) is 5.92 Å². The molecule has 1 amide bonds. The summed E-state index contributed by atoms with van der Waals surface area (Å²) in [6, 6.07) is 7.58. The highest BCUT2D eigenvalue weighted by Crippen LogP contribution is 2.35. The molecule has 204 valence electrons. The van der Waals surface area contributed by atoms with Gasteiger partial charge in [0, 0.05) is 49.0 Å². The predicted octanol–water partition coefficient (Wildman–Crippen LogP) is 4.64. The second kappa shape index (κ2) is 12.2. The zero-order chi connectivity index (χ0) is 26.6. The first-order chi connectivity index (χ1) is 17.6. The molecule has 4 rings (SSSR count). The molecule has 2 fully saturated rings. The van der Waals surface area contributed by atoms with E-state index < -0.39 is 11.1 Å². The van der Waals surface area contributed by atoms with Gasteiger partial charge in [-0.25, -0.2) is 0 Å². The summed E-state index contributed by atoms with van der Waals surface area (Å²) in [5, 5.41) is 3.13. The highest BCUT2D eigenvalue weighted by molar-refractivity contribution is 7.79. The number of nitrogens with one attached hydrogen (secondary N) is 1. The Balaban J connectivity index is 1.65. The van der Waals surface area contributed by atoms with Gasteiger partial charge in [-0.05, 0) is 71.5 Å². The number of ether oxygens (including phenoxy) is 1. The molecule has 1 aromatic carbocycles. The molecule has 1 saturated carbocycles. The Hall–Kier alpha value is -2.00. The molecule has 1 saturated heterocycles. The van der Waals surface area contributed by atoms with Crippen molar-refractivity contribution in [2.75, 3.05) is 39.4 Å². The number of nitrogens with zero attached hydrogens (tertiary/aromatic N) is 2. The van der Waals surface area contributed by atoms with Gasteiger partial charge in [-0.1, -0.05) is 46.1 Å². The molecule has 1 aromatic heterocycles. The van der Waals surface area contributed by atoms with Crippen molar-refractivity contribution in [3.05, 3.63) is 41.1 Å². The molecule has 7 nitrogen and oxygen atoms in total. The highest BCUT2D eigenvalue weighted by atomic mass is 32.2. The molecule has 8 heteroatoms. The number of benzene rings is 1. The molecule has 1 aliphatic heterocycles. The van der Waals surface area contributed by atoms with Crippen molar-refractivity contribution in [2.45, 2.75) is 76.7 Å². The van der Waals surface area contributed by atoms with Gasteiger partial charge in [0.15, 0.2) is 0 Å². The van der Waals surface area contributed by atoms with Gasteiger partial charge in [-0.2, -0.15) is 0 Å². The topological polar surface area (TPSA) is 86.6 Å². The van der Waals surface area contributed by atoms with Crippen LogP contribution in [-0.2, 0) is 27.8 Å². The van der Waals surface area contributed by atoms with Crippen molar-refractivity contribution >= 4 is 17.0 Å². The summed E-state index contributed by atoms with van der Waals surface area (Å²) >= 11 is -2.31. The fraction of sp³-hybridized carbons (Fsp3) is 0.621. The van der Waals surface area contributed by atoms with Crippen LogP contribution in [0.15, 0.2) is 29.2 Å². The number of hydrogen-bond donors (Lipinski definition) is 1. The predicted molar refractivity (Wildman–Crippen MR) is 147 cm³/mol. The Morgan fingerprint density at radius 3 is 2.49 bits per heavy atom. The first-order valence-corrected chi connectivity index (χ1v) is 14.7. The van der Waals surface area contributed by atoms with Crippen LogP contribution >= 0.6 is 0 Å². The summed E-state index contributed by atoms with van der Waals surface area (Å²) < 4.78 is 31.6. The molecule has 1 aliphatic carbocycles. The second-order valence-corrected chi connectivity index (χ2v) is 12.5. The molecular formula is C29H42N3O4S-. The monoisotopic (exact) mass is 528 g/mol. The van der Waals surface area contributed by atoms with E-state index in [0.717, 1.165) is 61.9 Å². The van der Waals surface area contributed by atoms with Gasteiger partial charge < -0.3 is 19.2 Å². The van der Waals surface area contributed by atoms with E-state index in [0.29, 0.717) is 22.9 Å². The molecular weight excluding hydrogens is 486 g/mol. The average molecular weight is 529 g/mol. The van der Waals surface area contributed by atoms with Crippen LogP contribution in [0.2, 0.25) is 0 Å². The second-order valence-electron chi connectivity index (χ2n) is 11.5. The van der Waals surface area contributed by atoms with Crippen molar-refractivity contribution in [3.63, 3.8) is 0 Å². The maximum atomic E-state index is 13.3. The fourth-order valence-electron chi connectivity index (χ4n) is 5.65. The number of aromatic nitrogens is 1. The fourth-order valence-corrected chi connectivity index (χ4v) is 6.37. The summed E-state index contributed by atoms with van der Waals surface area (Å²) in [5.41, 5.74) is 4.05. The van der Waals surface area contributed by atoms with Crippen molar-refractivity contribution < 1.29 is 18.3 Å². The zero-order valence-electron chi connectivity index (χ0n) is 22.8. The molecule has 0 radical (unpaired) electrons. The van der Waals surface area contributed by atoms with Gasteiger partial charge in [0.1, 0.15) is 0 Å². The van der Waals surface area contributed by atoms with Crippen LogP contribution in [0.3, 0.4) is 0 Å². The van der Waals surface area contributed by atoms with E-state index in [4.69, 9.17) is 4.74 Å². The standard InChI is InChI=1S/C29H43N3O4S/c1-21-24(28(33)30-12-13-31-14-16-36-17-15-31)19-26(32(21)20-22-8-6-5-7-9-22)23-10-11-27(37(34)35)25(18-23)29(2,3)4/h10-11,18-19,22H,5-9,12-17,20H2,1-4H3,(H,30,33)(H,34,35)/p-1. The van der Waals surface area contributed by atoms with E-state index in [1.165, 1.54) is 32.1 Å². The van der Waals surface area contributed by atoms with Gasteiger partial charge in [0.05, 0.1) is 18.8 Å². The number of carbonyl (C=O) groups is 1. The third kappa shape index (κ3) is 6.91. The van der Waals surface area contributed by atoms with Gasteiger partial charge >= 0.3 is 0 Å². The van der Waals surface area contributed by atoms with Crippen LogP contribution in [0.25, 0.3) is 11.3 Å². The van der Waals surface area contributed by atoms with Gasteiger partial charge in [-0.3, -0.25) is 13.9 Å². The Labute approximate surface area is 224 Å². The van der Waals surface area contributed by atoms with E-state index in [2.05, 4.69) is 14.8 Å². The van der Waals surface area contributed by atoms with E-state index in [-0.39, 0.29) is 11.3 Å². The lowest BCUT2D eigenvalue weighted by molar-refractivity contribution is 0.0383. The average Bonchev–Trinajstić information content (AvgIpc) is 3.20. The molecule has 2 aromatic rings. The minimum Gasteiger partial charge on any atom is -0.768 e. The quantitative estimate of drug-likeness (QED) is 0.505. The number of hydrogen-bond acceptors (Lipinski definition) is 5. The lowest BCUT2D eigenvalue weighted by Gasteiger charge is -2.26. The van der Waals surface area contributed by atoms with E-state index in [1.807, 2.05) is 45.9 Å². The number of carbonyl (C=O) groups excluding carboxylic acids is 1. The molecule has 2 heterocycles. The van der Waals surface area contributed by atoms with Crippen LogP contribution in [0.4, 0.5) is 0 Å². The third-order valence-electron chi connectivity index (χ3n) is 7.86. The smallest absolute Gasteiger partial charge is 0.253 e. The molecule has 0 spiro atoms. The van der Waals surface area contributed by atoms with Crippen molar-refractivity contribution in [1.82, 2.24) is 14.8 Å². The Bertz CT molecular complexity index is 1110. The maximum absolute atomic E-state index is 13.3. The van der Waals surface area contributed by atoms with Crippen LogP contribution in [0.1, 0.15) is 74.5 Å². The minimum atomic E-state index is -2.31. The molecule has 1 N–H and O–H groups in total. The summed E-state index contributed by atoms with van der Waals surface area (Å²) in [6.45, 7) is 13.7. The minimum absolute atomic E-state index is 0.0530. The molecule has 1 atom stereocenters. The van der Waals surface area contributed by atoms with Crippen LogP contribution in [0, 0.1) is 12.8 Å². The van der Waals surface area contributed by atoms with Crippen LogP contribution < -0.4 is 5.32 Å². The van der Waals surface area contributed by atoms with E-state index in [9.17, 15) is 13.6 Å². The highest BCUT2D eigenvalue weighted by Gasteiger charge is 2.25. The van der Waals surface area contributed by atoms with Crippen molar-refractivity contribution in [1.29, 1.82) is 0 Å². The Morgan fingerprint density at radius 1 is 1.14 bits per heavy atom.